The van der Waals surface area contributed by atoms with Gasteiger partial charge in [-0.05, 0) is 61.7 Å². The molecular formula is C15H17FN2O2S. The van der Waals surface area contributed by atoms with Gasteiger partial charge in [-0.3, -0.25) is 4.72 Å². The van der Waals surface area contributed by atoms with Gasteiger partial charge in [0.15, 0.2) is 0 Å². The Morgan fingerprint density at radius 1 is 1.05 bits per heavy atom. The first-order valence-corrected chi connectivity index (χ1v) is 7.85. The molecule has 0 aliphatic rings. The molecule has 2 rings (SSSR count). The van der Waals surface area contributed by atoms with Crippen molar-refractivity contribution in [1.29, 1.82) is 0 Å². The van der Waals surface area contributed by atoms with Gasteiger partial charge >= 0.3 is 0 Å². The third-order valence-electron chi connectivity index (χ3n) is 3.15. The zero-order chi connectivity index (χ0) is 15.8. The maximum Gasteiger partial charge on any atom is 0.262 e. The van der Waals surface area contributed by atoms with Crippen molar-refractivity contribution in [1.82, 2.24) is 0 Å². The molecule has 0 amide bonds. The SMILES string of the molecule is Cc1ccc(N)c(NS(=O)(=O)c2c(C)cc(F)cc2C)c1. The molecule has 0 heterocycles. The lowest BCUT2D eigenvalue weighted by Crippen LogP contribution is -2.17. The van der Waals surface area contributed by atoms with Gasteiger partial charge in [0.2, 0.25) is 0 Å². The zero-order valence-electron chi connectivity index (χ0n) is 12.1. The highest BCUT2D eigenvalue weighted by Gasteiger charge is 2.21. The smallest absolute Gasteiger partial charge is 0.262 e. The minimum atomic E-state index is -3.83. The Morgan fingerprint density at radius 2 is 1.62 bits per heavy atom. The van der Waals surface area contributed by atoms with Crippen LogP contribution >= 0.6 is 0 Å². The van der Waals surface area contributed by atoms with E-state index in [0.717, 1.165) is 5.56 Å². The summed E-state index contributed by atoms with van der Waals surface area (Å²) in [6, 6.07) is 7.47. The van der Waals surface area contributed by atoms with Crippen LogP contribution in [0.2, 0.25) is 0 Å². The van der Waals surface area contributed by atoms with E-state index in [9.17, 15) is 12.8 Å². The minimum absolute atomic E-state index is 0.0739. The molecule has 0 saturated heterocycles. The minimum Gasteiger partial charge on any atom is -0.397 e. The molecule has 0 aliphatic heterocycles. The molecule has 4 nitrogen and oxygen atoms in total. The number of rotatable bonds is 3. The number of sulfonamides is 1. The summed E-state index contributed by atoms with van der Waals surface area (Å²) in [6.45, 7) is 4.96. The van der Waals surface area contributed by atoms with Crippen LogP contribution in [-0.2, 0) is 10.0 Å². The molecule has 0 saturated carbocycles. The van der Waals surface area contributed by atoms with Crippen LogP contribution in [0, 0.1) is 26.6 Å². The average Bonchev–Trinajstić information content (AvgIpc) is 2.31. The lowest BCUT2D eigenvalue weighted by Gasteiger charge is -2.14. The molecular weight excluding hydrogens is 291 g/mol. The van der Waals surface area contributed by atoms with Crippen LogP contribution in [0.4, 0.5) is 15.8 Å². The molecule has 6 heteroatoms. The van der Waals surface area contributed by atoms with E-state index in [2.05, 4.69) is 4.72 Å². The van der Waals surface area contributed by atoms with Crippen LogP contribution < -0.4 is 10.5 Å². The summed E-state index contributed by atoms with van der Waals surface area (Å²) in [5, 5.41) is 0. The Labute approximate surface area is 123 Å². The van der Waals surface area contributed by atoms with Gasteiger partial charge in [0.05, 0.1) is 16.3 Å². The van der Waals surface area contributed by atoms with Crippen molar-refractivity contribution in [3.8, 4) is 0 Å². The summed E-state index contributed by atoms with van der Waals surface area (Å²) in [7, 11) is -3.83. The summed E-state index contributed by atoms with van der Waals surface area (Å²) in [4.78, 5) is 0.0739. The quantitative estimate of drug-likeness (QED) is 0.856. The second-order valence-electron chi connectivity index (χ2n) is 5.06. The number of anilines is 2. The predicted octanol–water partition coefficient (Wildman–Crippen LogP) is 3.13. The fourth-order valence-corrected chi connectivity index (χ4v) is 3.81. The van der Waals surface area contributed by atoms with Crippen LogP contribution in [0.25, 0.3) is 0 Å². The molecule has 112 valence electrons. The number of hydrogen-bond acceptors (Lipinski definition) is 3. The third kappa shape index (κ3) is 3.16. The maximum atomic E-state index is 13.3. The molecule has 0 aromatic heterocycles. The molecule has 21 heavy (non-hydrogen) atoms. The van der Waals surface area contributed by atoms with Gasteiger partial charge < -0.3 is 5.73 Å². The molecule has 2 aromatic carbocycles. The standard InChI is InChI=1S/C15H17FN2O2S/c1-9-4-5-13(17)14(6-9)18-21(19,20)15-10(2)7-12(16)8-11(15)3/h4-8,18H,17H2,1-3H3. The predicted molar refractivity (Wildman–Crippen MR) is 82.3 cm³/mol. The Morgan fingerprint density at radius 3 is 2.19 bits per heavy atom. The highest BCUT2D eigenvalue weighted by molar-refractivity contribution is 7.92. The second kappa shape index (κ2) is 5.37. The van der Waals surface area contributed by atoms with Gasteiger partial charge in [-0.2, -0.15) is 0 Å². The fraction of sp³-hybridized carbons (Fsp3) is 0.200. The highest BCUT2D eigenvalue weighted by atomic mass is 32.2. The first kappa shape index (κ1) is 15.3. The summed E-state index contributed by atoms with van der Waals surface area (Å²) in [5.41, 5.74) is 8.03. The van der Waals surface area contributed by atoms with E-state index < -0.39 is 15.8 Å². The summed E-state index contributed by atoms with van der Waals surface area (Å²) in [5.74, 6) is -0.459. The van der Waals surface area contributed by atoms with E-state index in [1.54, 1.807) is 32.0 Å². The van der Waals surface area contributed by atoms with Crippen LogP contribution in [0.1, 0.15) is 16.7 Å². The summed E-state index contributed by atoms with van der Waals surface area (Å²) < 4.78 is 40.8. The van der Waals surface area contributed by atoms with E-state index in [4.69, 9.17) is 5.73 Å². The fourth-order valence-electron chi connectivity index (χ4n) is 2.28. The lowest BCUT2D eigenvalue weighted by molar-refractivity contribution is 0.597. The summed E-state index contributed by atoms with van der Waals surface area (Å²) >= 11 is 0. The Bertz CT molecular complexity index is 778. The van der Waals surface area contributed by atoms with Crippen molar-refractivity contribution in [3.05, 3.63) is 52.8 Å². The van der Waals surface area contributed by atoms with Crippen molar-refractivity contribution < 1.29 is 12.8 Å². The summed E-state index contributed by atoms with van der Waals surface area (Å²) in [6.07, 6.45) is 0. The molecule has 0 fully saturated rings. The monoisotopic (exact) mass is 308 g/mol. The first-order valence-electron chi connectivity index (χ1n) is 6.36. The number of nitrogen functional groups attached to an aromatic ring is 1. The Kier molecular flexibility index (Phi) is 3.91. The third-order valence-corrected chi connectivity index (χ3v) is 4.82. The topological polar surface area (TPSA) is 72.2 Å². The van der Waals surface area contributed by atoms with Crippen molar-refractivity contribution >= 4 is 21.4 Å². The van der Waals surface area contributed by atoms with Gasteiger partial charge in [-0.25, -0.2) is 12.8 Å². The van der Waals surface area contributed by atoms with Gasteiger partial charge in [-0.15, -0.1) is 0 Å². The molecule has 0 radical (unpaired) electrons. The number of aryl methyl sites for hydroxylation is 3. The second-order valence-corrected chi connectivity index (χ2v) is 6.68. The average molecular weight is 308 g/mol. The Hall–Kier alpha value is -2.08. The molecule has 0 bridgehead atoms. The van der Waals surface area contributed by atoms with E-state index >= 15 is 0 Å². The molecule has 2 aromatic rings. The molecule has 0 spiro atoms. The Balaban J connectivity index is 2.51. The number of hydrogen-bond donors (Lipinski definition) is 2. The normalized spacial score (nSPS) is 11.4. The molecule has 3 N–H and O–H groups in total. The van der Waals surface area contributed by atoms with Crippen molar-refractivity contribution in [2.75, 3.05) is 10.5 Å². The molecule has 0 aliphatic carbocycles. The van der Waals surface area contributed by atoms with Gasteiger partial charge in [-0.1, -0.05) is 6.07 Å². The number of halogens is 1. The number of nitrogens with one attached hydrogen (secondary N) is 1. The molecule has 0 unspecified atom stereocenters. The van der Waals surface area contributed by atoms with Crippen molar-refractivity contribution in [3.63, 3.8) is 0 Å². The number of benzene rings is 2. The highest BCUT2D eigenvalue weighted by Crippen LogP contribution is 2.27. The van der Waals surface area contributed by atoms with E-state index in [0.29, 0.717) is 22.5 Å². The van der Waals surface area contributed by atoms with Crippen LogP contribution in [0.15, 0.2) is 35.2 Å². The zero-order valence-corrected chi connectivity index (χ0v) is 12.9. The lowest BCUT2D eigenvalue weighted by atomic mass is 10.1. The molecule has 0 atom stereocenters. The van der Waals surface area contributed by atoms with Crippen LogP contribution in [0.5, 0.6) is 0 Å². The van der Waals surface area contributed by atoms with Gasteiger partial charge in [0.25, 0.3) is 10.0 Å². The van der Waals surface area contributed by atoms with E-state index in [1.807, 2.05) is 6.92 Å². The van der Waals surface area contributed by atoms with Gasteiger partial charge in [0, 0.05) is 0 Å². The van der Waals surface area contributed by atoms with E-state index in [1.165, 1.54) is 12.1 Å². The van der Waals surface area contributed by atoms with Gasteiger partial charge in [0.1, 0.15) is 5.82 Å². The van der Waals surface area contributed by atoms with Crippen molar-refractivity contribution in [2.24, 2.45) is 0 Å². The van der Waals surface area contributed by atoms with Crippen molar-refractivity contribution in [2.45, 2.75) is 25.7 Å². The van der Waals surface area contributed by atoms with E-state index in [-0.39, 0.29) is 4.90 Å². The largest absolute Gasteiger partial charge is 0.397 e. The first-order chi connectivity index (χ1) is 9.70. The number of nitrogens with two attached hydrogens (primary N) is 1. The van der Waals surface area contributed by atoms with Crippen LogP contribution in [0.3, 0.4) is 0 Å². The van der Waals surface area contributed by atoms with Crippen LogP contribution in [-0.4, -0.2) is 8.42 Å². The maximum absolute atomic E-state index is 13.3.